The summed E-state index contributed by atoms with van der Waals surface area (Å²) in [6.07, 6.45) is 3.42. The molecule has 3 rings (SSSR count). The molecule has 1 unspecified atom stereocenters. The van der Waals surface area contributed by atoms with Crippen LogP contribution in [0.15, 0.2) is 42.5 Å². The van der Waals surface area contributed by atoms with Crippen LogP contribution in [0.4, 0.5) is 0 Å². The van der Waals surface area contributed by atoms with Crippen molar-refractivity contribution in [1.82, 2.24) is 0 Å². The minimum atomic E-state index is -1.90. The van der Waals surface area contributed by atoms with Gasteiger partial charge in [-0.05, 0) is 45.2 Å². The first-order chi connectivity index (χ1) is 11.6. The summed E-state index contributed by atoms with van der Waals surface area (Å²) in [5.41, 5.74) is 8.93. The molecule has 0 bridgehead atoms. The van der Waals surface area contributed by atoms with Gasteiger partial charge in [0, 0.05) is 5.54 Å². The van der Waals surface area contributed by atoms with Crippen LogP contribution in [-0.2, 0) is 11.8 Å². The molecule has 1 aliphatic carbocycles. The number of rotatable bonds is 3. The lowest BCUT2D eigenvalue weighted by molar-refractivity contribution is 0.589. The van der Waals surface area contributed by atoms with E-state index in [-0.39, 0.29) is 5.41 Å². The monoisotopic (exact) mass is 368 g/mol. The second kappa shape index (κ2) is 6.45. The van der Waals surface area contributed by atoms with Crippen LogP contribution in [-0.4, -0.2) is 7.38 Å². The van der Waals surface area contributed by atoms with Crippen LogP contribution in [0.1, 0.15) is 61.1 Å². The van der Waals surface area contributed by atoms with Gasteiger partial charge in [-0.2, -0.15) is 11.1 Å². The van der Waals surface area contributed by atoms with Crippen molar-refractivity contribution >= 4 is 30.1 Å². The van der Waals surface area contributed by atoms with E-state index in [1.165, 1.54) is 33.4 Å². The molecule has 2 heteroatoms. The smallest absolute Gasteiger partial charge is 0.162 e. The number of hydrogen-bond acceptors (Lipinski definition) is 0. The first-order valence-corrected chi connectivity index (χ1v) is 13.3. The lowest BCUT2D eigenvalue weighted by Gasteiger charge is -2.28. The number of allylic oxidation sites excluding steroid dienone is 1. The zero-order valence-corrected chi connectivity index (χ0v) is 18.0. The highest BCUT2D eigenvalue weighted by atomic mass is 35.6. The molecular weight excluding hydrogens is 340 g/mol. The van der Waals surface area contributed by atoms with E-state index in [9.17, 15) is 0 Å². The second-order valence-corrected chi connectivity index (χ2v) is 15.3. The predicted molar refractivity (Wildman–Crippen MR) is 115 cm³/mol. The summed E-state index contributed by atoms with van der Waals surface area (Å²) >= 11 is 7.01. The third kappa shape index (κ3) is 3.50. The predicted octanol–water partition coefficient (Wildman–Crippen LogP) is 7.17. The number of hydrogen-bond donors (Lipinski definition) is 0. The number of benzene rings is 2. The highest BCUT2D eigenvalue weighted by molar-refractivity contribution is 7.20. The molecule has 0 nitrogen and oxygen atoms in total. The molecule has 0 aromatic heterocycles. The Balaban J connectivity index is 2.16. The van der Waals surface area contributed by atoms with Gasteiger partial charge >= 0.3 is 0 Å². The lowest BCUT2D eigenvalue weighted by Crippen LogP contribution is -2.28. The summed E-state index contributed by atoms with van der Waals surface area (Å²) in [6.45, 7) is 13.6. The normalized spacial score (nSPS) is 17.4. The summed E-state index contributed by atoms with van der Waals surface area (Å²) in [6, 6.07) is 15.8. The summed E-state index contributed by atoms with van der Waals surface area (Å²) in [5.74, 6) is 0. The zero-order valence-electron chi connectivity index (χ0n) is 16.3. The topological polar surface area (TPSA) is 0 Å². The van der Waals surface area contributed by atoms with Crippen LogP contribution in [0.3, 0.4) is 0 Å². The Hall–Kier alpha value is -1.31. The van der Waals surface area contributed by atoms with Crippen molar-refractivity contribution in [2.75, 3.05) is 0 Å². The number of aryl methyl sites for hydroxylation is 1. The van der Waals surface area contributed by atoms with Crippen LogP contribution in [0, 0.1) is 0 Å². The van der Waals surface area contributed by atoms with Gasteiger partial charge in [0.15, 0.2) is 7.38 Å². The summed E-state index contributed by atoms with van der Waals surface area (Å²) in [7, 11) is -1.90. The molecule has 0 radical (unpaired) electrons. The third-order valence-corrected chi connectivity index (χ3v) is 7.93. The van der Waals surface area contributed by atoms with Gasteiger partial charge in [0.05, 0.1) is 0 Å². The molecule has 0 aliphatic heterocycles. The van der Waals surface area contributed by atoms with Crippen molar-refractivity contribution in [1.29, 1.82) is 0 Å². The fourth-order valence-corrected chi connectivity index (χ4v) is 6.62. The number of fused-ring (bicyclic) bond motifs is 1. The Morgan fingerprint density at radius 1 is 1.04 bits per heavy atom. The average molecular weight is 369 g/mol. The van der Waals surface area contributed by atoms with Crippen LogP contribution in [0.2, 0.25) is 13.1 Å². The van der Waals surface area contributed by atoms with E-state index < -0.39 is 7.38 Å². The molecule has 132 valence electrons. The molecule has 0 spiro atoms. The van der Waals surface area contributed by atoms with Crippen molar-refractivity contribution in [3.8, 4) is 0 Å². The van der Waals surface area contributed by atoms with Crippen LogP contribution in [0.5, 0.6) is 0 Å². The minimum Gasteiger partial charge on any atom is -0.167 e. The van der Waals surface area contributed by atoms with Crippen molar-refractivity contribution in [2.45, 2.75) is 58.2 Å². The third-order valence-electron chi connectivity index (χ3n) is 5.28. The molecule has 2 aromatic rings. The van der Waals surface area contributed by atoms with E-state index in [1.807, 2.05) is 0 Å². The van der Waals surface area contributed by atoms with Gasteiger partial charge in [0.1, 0.15) is 0 Å². The van der Waals surface area contributed by atoms with E-state index in [0.29, 0.717) is 5.54 Å². The Labute approximate surface area is 158 Å². The van der Waals surface area contributed by atoms with Crippen LogP contribution >= 0.6 is 11.1 Å². The molecule has 2 aromatic carbocycles. The maximum absolute atomic E-state index is 7.01. The van der Waals surface area contributed by atoms with E-state index in [2.05, 4.69) is 89.3 Å². The Morgan fingerprint density at radius 2 is 1.72 bits per heavy atom. The van der Waals surface area contributed by atoms with Gasteiger partial charge in [0.2, 0.25) is 0 Å². The second-order valence-electron chi connectivity index (χ2n) is 8.70. The standard InChI is InChI=1S/C23H29ClSi/c1-7-16-14-18(23(2,3)4)12-13-19(16)21-15-17-10-8-9-11-20(17)22(21)25(5,6)24/h8-15,22H,7H2,1-6H3. The van der Waals surface area contributed by atoms with Crippen molar-refractivity contribution < 1.29 is 0 Å². The Morgan fingerprint density at radius 3 is 2.32 bits per heavy atom. The molecule has 25 heavy (non-hydrogen) atoms. The molecule has 0 heterocycles. The van der Waals surface area contributed by atoms with Gasteiger partial charge in [-0.1, -0.05) is 89.3 Å². The SMILES string of the molecule is CCc1cc(C(C)(C)C)ccc1C1=Cc2ccccc2C1[Si](C)(C)Cl. The number of halogens is 1. The average Bonchev–Trinajstić information content (AvgIpc) is 2.92. The van der Waals surface area contributed by atoms with E-state index in [0.717, 1.165) is 6.42 Å². The summed E-state index contributed by atoms with van der Waals surface area (Å²) in [4.78, 5) is 0. The molecule has 0 fully saturated rings. The van der Waals surface area contributed by atoms with E-state index in [4.69, 9.17) is 11.1 Å². The fraction of sp³-hybridized carbons (Fsp3) is 0.391. The van der Waals surface area contributed by atoms with Crippen molar-refractivity contribution in [3.05, 3.63) is 70.3 Å². The largest absolute Gasteiger partial charge is 0.167 e. The van der Waals surface area contributed by atoms with E-state index in [1.54, 1.807) is 0 Å². The van der Waals surface area contributed by atoms with Crippen LogP contribution < -0.4 is 0 Å². The highest BCUT2D eigenvalue weighted by Gasteiger charge is 2.39. The lowest BCUT2D eigenvalue weighted by atomic mass is 9.83. The maximum atomic E-state index is 7.01. The molecule has 1 aliphatic rings. The van der Waals surface area contributed by atoms with E-state index >= 15 is 0 Å². The molecule has 1 atom stereocenters. The molecule has 0 saturated carbocycles. The summed E-state index contributed by atoms with van der Waals surface area (Å²) < 4.78 is 0. The minimum absolute atomic E-state index is 0.176. The fourth-order valence-electron chi connectivity index (χ4n) is 3.93. The Kier molecular flexibility index (Phi) is 4.76. The van der Waals surface area contributed by atoms with Gasteiger partial charge in [-0.25, -0.2) is 0 Å². The zero-order chi connectivity index (χ0) is 18.4. The van der Waals surface area contributed by atoms with Gasteiger partial charge in [0.25, 0.3) is 0 Å². The molecule has 0 N–H and O–H groups in total. The van der Waals surface area contributed by atoms with Crippen molar-refractivity contribution in [3.63, 3.8) is 0 Å². The highest BCUT2D eigenvalue weighted by Crippen LogP contribution is 2.49. The first-order valence-electron chi connectivity index (χ1n) is 9.26. The molecule has 0 saturated heterocycles. The molecular formula is C23H29ClSi. The van der Waals surface area contributed by atoms with Gasteiger partial charge < -0.3 is 0 Å². The van der Waals surface area contributed by atoms with Gasteiger partial charge in [-0.3, -0.25) is 0 Å². The van der Waals surface area contributed by atoms with Gasteiger partial charge in [-0.15, -0.1) is 0 Å². The molecule has 0 amide bonds. The summed E-state index contributed by atoms with van der Waals surface area (Å²) in [5, 5.41) is 0. The van der Waals surface area contributed by atoms with Crippen molar-refractivity contribution in [2.24, 2.45) is 0 Å². The first kappa shape index (κ1) is 18.5. The quantitative estimate of drug-likeness (QED) is 0.398. The maximum Gasteiger partial charge on any atom is 0.162 e. The van der Waals surface area contributed by atoms with Crippen LogP contribution in [0.25, 0.3) is 11.6 Å². The Bertz CT molecular complexity index is 819.